The van der Waals surface area contributed by atoms with Gasteiger partial charge < -0.3 is 4.57 Å². The second kappa shape index (κ2) is 5.90. The van der Waals surface area contributed by atoms with Crippen molar-refractivity contribution >= 4 is 0 Å². The lowest BCUT2D eigenvalue weighted by Gasteiger charge is -2.16. The van der Waals surface area contributed by atoms with E-state index in [0.29, 0.717) is 0 Å². The average Bonchev–Trinajstić information content (AvgIpc) is 2.90. The van der Waals surface area contributed by atoms with Crippen molar-refractivity contribution in [2.75, 3.05) is 0 Å². The van der Waals surface area contributed by atoms with Crippen LogP contribution >= 0.6 is 0 Å². The smallest absolute Gasteiger partial charge is 0.0945 e. The standard InChI is InChI=1S/C16H26N2/c1-2-5-14(11-16-12-15(16)7-3-1)6-4-9-18-10-8-17-13-18/h8,10,13-16H,1-7,9,11-12H2. The molecular formula is C16H26N2. The van der Waals surface area contributed by atoms with E-state index in [2.05, 4.69) is 15.7 Å². The maximum atomic E-state index is 4.11. The van der Waals surface area contributed by atoms with Crippen LogP contribution in [0.2, 0.25) is 0 Å². The first kappa shape index (κ1) is 12.3. The Kier molecular flexibility index (Phi) is 4.02. The largest absolute Gasteiger partial charge is 0.337 e. The molecule has 0 N–H and O–H groups in total. The van der Waals surface area contributed by atoms with Crippen molar-refractivity contribution in [3.63, 3.8) is 0 Å². The van der Waals surface area contributed by atoms with E-state index in [1.54, 1.807) is 6.42 Å². The van der Waals surface area contributed by atoms with Gasteiger partial charge in [-0.2, -0.15) is 0 Å². The molecule has 1 heterocycles. The Labute approximate surface area is 111 Å². The molecule has 0 saturated heterocycles. The third kappa shape index (κ3) is 3.37. The fourth-order valence-corrected chi connectivity index (χ4v) is 3.76. The third-order valence-electron chi connectivity index (χ3n) is 4.98. The first-order valence-electron chi connectivity index (χ1n) is 7.87. The second-order valence-electron chi connectivity index (χ2n) is 6.44. The van der Waals surface area contributed by atoms with Crippen LogP contribution in [0.15, 0.2) is 18.7 Å². The molecule has 0 aromatic carbocycles. The van der Waals surface area contributed by atoms with Crippen molar-refractivity contribution < 1.29 is 0 Å². The summed E-state index contributed by atoms with van der Waals surface area (Å²) < 4.78 is 2.22. The van der Waals surface area contributed by atoms with Gasteiger partial charge in [0.2, 0.25) is 0 Å². The molecule has 0 amide bonds. The fraction of sp³-hybridized carbons (Fsp3) is 0.812. The van der Waals surface area contributed by atoms with Gasteiger partial charge in [0.25, 0.3) is 0 Å². The van der Waals surface area contributed by atoms with Gasteiger partial charge in [0, 0.05) is 18.9 Å². The first-order valence-corrected chi connectivity index (χ1v) is 7.87. The van der Waals surface area contributed by atoms with E-state index in [-0.39, 0.29) is 0 Å². The summed E-state index contributed by atoms with van der Waals surface area (Å²) in [7, 11) is 0. The number of fused-ring (bicyclic) bond motifs is 1. The van der Waals surface area contributed by atoms with Gasteiger partial charge in [0.15, 0.2) is 0 Å². The lowest BCUT2D eigenvalue weighted by atomic mass is 9.91. The molecule has 3 rings (SSSR count). The predicted octanol–water partition coefficient (Wildman–Crippen LogP) is 4.27. The van der Waals surface area contributed by atoms with E-state index < -0.39 is 0 Å². The number of nitrogens with zero attached hydrogens (tertiary/aromatic N) is 2. The van der Waals surface area contributed by atoms with Crippen molar-refractivity contribution in [3.8, 4) is 0 Å². The van der Waals surface area contributed by atoms with Gasteiger partial charge in [0.1, 0.15) is 0 Å². The molecule has 2 saturated carbocycles. The minimum absolute atomic E-state index is 1.02. The molecular weight excluding hydrogens is 220 g/mol. The first-order chi connectivity index (χ1) is 8.92. The van der Waals surface area contributed by atoms with Gasteiger partial charge in [-0.15, -0.1) is 0 Å². The molecule has 2 nitrogen and oxygen atoms in total. The molecule has 2 heteroatoms. The van der Waals surface area contributed by atoms with Gasteiger partial charge in [-0.25, -0.2) is 4.98 Å². The van der Waals surface area contributed by atoms with E-state index in [9.17, 15) is 0 Å². The maximum Gasteiger partial charge on any atom is 0.0945 e. The molecule has 1 aromatic heterocycles. The van der Waals surface area contributed by atoms with Crippen LogP contribution in [-0.2, 0) is 6.54 Å². The molecule has 18 heavy (non-hydrogen) atoms. The summed E-state index contributed by atoms with van der Waals surface area (Å²) in [6.07, 6.45) is 19.3. The number of hydrogen-bond acceptors (Lipinski definition) is 1. The van der Waals surface area contributed by atoms with Crippen LogP contribution in [0.4, 0.5) is 0 Å². The summed E-state index contributed by atoms with van der Waals surface area (Å²) in [6.45, 7) is 1.16. The molecule has 0 aliphatic heterocycles. The summed E-state index contributed by atoms with van der Waals surface area (Å²) >= 11 is 0. The average molecular weight is 246 g/mol. The number of imidazole rings is 1. The molecule has 2 aliphatic rings. The topological polar surface area (TPSA) is 17.8 Å². The summed E-state index contributed by atoms with van der Waals surface area (Å²) in [5.74, 6) is 3.25. The Morgan fingerprint density at radius 3 is 2.89 bits per heavy atom. The minimum Gasteiger partial charge on any atom is -0.337 e. The van der Waals surface area contributed by atoms with E-state index in [4.69, 9.17) is 0 Å². The van der Waals surface area contributed by atoms with Crippen LogP contribution in [-0.4, -0.2) is 9.55 Å². The van der Waals surface area contributed by atoms with Crippen LogP contribution in [0.1, 0.15) is 57.8 Å². The molecule has 1 aromatic rings. The molecule has 2 fully saturated rings. The Morgan fingerprint density at radius 1 is 1.06 bits per heavy atom. The van der Waals surface area contributed by atoms with Crippen LogP contribution in [0.3, 0.4) is 0 Å². The summed E-state index contributed by atoms with van der Waals surface area (Å²) in [5.41, 5.74) is 0. The number of aryl methyl sites for hydroxylation is 1. The zero-order chi connectivity index (χ0) is 12.2. The van der Waals surface area contributed by atoms with E-state index in [1.165, 1.54) is 51.4 Å². The fourth-order valence-electron chi connectivity index (χ4n) is 3.76. The second-order valence-corrected chi connectivity index (χ2v) is 6.44. The van der Waals surface area contributed by atoms with Gasteiger partial charge in [-0.05, 0) is 43.4 Å². The Bertz CT molecular complexity index is 344. The summed E-state index contributed by atoms with van der Waals surface area (Å²) in [4.78, 5) is 4.11. The lowest BCUT2D eigenvalue weighted by molar-refractivity contribution is 0.366. The Morgan fingerprint density at radius 2 is 2.00 bits per heavy atom. The van der Waals surface area contributed by atoms with Crippen LogP contribution in [0.25, 0.3) is 0 Å². The molecule has 0 bridgehead atoms. The summed E-state index contributed by atoms with van der Waals surface area (Å²) in [5, 5.41) is 0. The van der Waals surface area contributed by atoms with Crippen LogP contribution in [0.5, 0.6) is 0 Å². The highest BCUT2D eigenvalue weighted by molar-refractivity contribution is 4.88. The molecule has 0 radical (unpaired) electrons. The predicted molar refractivity (Wildman–Crippen MR) is 74.3 cm³/mol. The zero-order valence-electron chi connectivity index (χ0n) is 11.4. The van der Waals surface area contributed by atoms with Crippen LogP contribution in [0, 0.1) is 17.8 Å². The van der Waals surface area contributed by atoms with Gasteiger partial charge in [0.05, 0.1) is 6.33 Å². The molecule has 3 unspecified atom stereocenters. The molecule has 3 atom stereocenters. The minimum atomic E-state index is 1.02. The van der Waals surface area contributed by atoms with Crippen molar-refractivity contribution in [3.05, 3.63) is 18.7 Å². The van der Waals surface area contributed by atoms with Crippen molar-refractivity contribution in [1.29, 1.82) is 0 Å². The van der Waals surface area contributed by atoms with Crippen molar-refractivity contribution in [2.24, 2.45) is 17.8 Å². The van der Waals surface area contributed by atoms with Crippen LogP contribution < -0.4 is 0 Å². The lowest BCUT2D eigenvalue weighted by Crippen LogP contribution is -2.05. The summed E-state index contributed by atoms with van der Waals surface area (Å²) in [6, 6.07) is 0. The maximum absolute atomic E-state index is 4.11. The van der Waals surface area contributed by atoms with Crippen molar-refractivity contribution in [1.82, 2.24) is 9.55 Å². The monoisotopic (exact) mass is 246 g/mol. The Hall–Kier alpha value is -0.790. The zero-order valence-corrected chi connectivity index (χ0v) is 11.4. The van der Waals surface area contributed by atoms with Crippen molar-refractivity contribution in [2.45, 2.75) is 64.3 Å². The van der Waals surface area contributed by atoms with Gasteiger partial charge >= 0.3 is 0 Å². The van der Waals surface area contributed by atoms with E-state index in [1.807, 2.05) is 12.5 Å². The molecule has 2 aliphatic carbocycles. The highest BCUT2D eigenvalue weighted by Gasteiger charge is 2.37. The third-order valence-corrected chi connectivity index (χ3v) is 4.98. The SMILES string of the molecule is c1cn(CCCC2CCCCCC3CC3C2)cn1. The number of hydrogen-bond donors (Lipinski definition) is 0. The molecule has 100 valence electrons. The van der Waals surface area contributed by atoms with Gasteiger partial charge in [-0.3, -0.25) is 0 Å². The quantitative estimate of drug-likeness (QED) is 0.775. The Balaban J connectivity index is 1.42. The van der Waals surface area contributed by atoms with E-state index >= 15 is 0 Å². The highest BCUT2D eigenvalue weighted by Crippen LogP contribution is 2.48. The highest BCUT2D eigenvalue weighted by atomic mass is 15.0. The molecule has 0 spiro atoms. The van der Waals surface area contributed by atoms with Gasteiger partial charge in [-0.1, -0.05) is 32.1 Å². The number of rotatable bonds is 4. The normalized spacial score (nSPS) is 32.1. The number of aromatic nitrogens is 2. The van der Waals surface area contributed by atoms with E-state index in [0.717, 1.165) is 24.3 Å².